The predicted octanol–water partition coefficient (Wildman–Crippen LogP) is -1.70. The van der Waals surface area contributed by atoms with Gasteiger partial charge in [-0.2, -0.15) is 0 Å². The van der Waals surface area contributed by atoms with E-state index < -0.39 is 21.7 Å². The molecule has 0 aromatic heterocycles. The van der Waals surface area contributed by atoms with Gasteiger partial charge in [-0.25, -0.2) is 18.5 Å². The second kappa shape index (κ2) is 4.51. The zero-order chi connectivity index (χ0) is 14.2. The van der Waals surface area contributed by atoms with Gasteiger partial charge >= 0.3 is 5.97 Å². The second-order valence-electron chi connectivity index (χ2n) is 3.95. The van der Waals surface area contributed by atoms with Crippen LogP contribution >= 0.6 is 0 Å². The highest BCUT2D eigenvalue weighted by Gasteiger charge is 2.24. The molecule has 1 aliphatic rings. The lowest BCUT2D eigenvalue weighted by atomic mass is 10.1. The Kier molecular flexibility index (Phi) is 3.15. The minimum Gasteiger partial charge on any atom is -0.465 e. The summed E-state index contributed by atoms with van der Waals surface area (Å²) in [5.74, 6) is -1.58. The number of carbonyl (C=O) groups excluding carboxylic acids is 2. The van der Waals surface area contributed by atoms with Gasteiger partial charge in [0, 0.05) is 22.9 Å². The highest BCUT2D eigenvalue weighted by molar-refractivity contribution is 7.90. The zero-order valence-electron chi connectivity index (χ0n) is 10.2. The van der Waals surface area contributed by atoms with Crippen LogP contribution in [0.5, 0.6) is 0 Å². The average Bonchev–Trinajstić information content (AvgIpc) is 2.36. The molecule has 2 rings (SSSR count). The van der Waals surface area contributed by atoms with Crippen LogP contribution < -0.4 is 15.8 Å². The van der Waals surface area contributed by atoms with Gasteiger partial charge in [0.2, 0.25) is 0 Å². The minimum absolute atomic E-state index is 0.0238. The molecule has 1 amide bonds. The molecule has 0 fully saturated rings. The monoisotopic (exact) mass is 280 g/mol. The van der Waals surface area contributed by atoms with Crippen LogP contribution in [0.15, 0.2) is 23.1 Å². The molecule has 0 unspecified atom stereocenters. The third-order valence-corrected chi connectivity index (χ3v) is 3.76. The number of hydrogen-bond donors (Lipinski definition) is 0. The van der Waals surface area contributed by atoms with Crippen LogP contribution in [0.2, 0.25) is 0 Å². The lowest BCUT2D eigenvalue weighted by Crippen LogP contribution is -2.40. The van der Waals surface area contributed by atoms with E-state index in [-0.39, 0.29) is 15.7 Å². The third-order valence-electron chi connectivity index (χ3n) is 2.65. The molecule has 1 heterocycles. The Hall–Kier alpha value is -2.15. The lowest BCUT2D eigenvalue weighted by molar-refractivity contribution is -0.135. The Morgan fingerprint density at radius 2 is 2.00 bits per heavy atom. The summed E-state index contributed by atoms with van der Waals surface area (Å²) in [6.45, 7) is 0. The number of esters is 1. The molecule has 99 valence electrons. The van der Waals surface area contributed by atoms with Gasteiger partial charge in [-0.1, -0.05) is 6.07 Å². The van der Waals surface area contributed by atoms with Gasteiger partial charge in [0.15, 0.2) is 9.84 Å². The summed E-state index contributed by atoms with van der Waals surface area (Å²) in [5, 5.41) is 4.27. The first-order chi connectivity index (χ1) is 8.84. The summed E-state index contributed by atoms with van der Waals surface area (Å²) in [5.41, 5.74) is -0.259. The van der Waals surface area contributed by atoms with Gasteiger partial charge in [0.05, 0.1) is 12.0 Å². The average molecular weight is 280 g/mol. The van der Waals surface area contributed by atoms with E-state index in [0.29, 0.717) is 5.22 Å². The van der Waals surface area contributed by atoms with Gasteiger partial charge in [-0.3, -0.25) is 4.79 Å². The fraction of sp³-hybridized carbons (Fsp3) is 0.167. The third kappa shape index (κ3) is 2.37. The van der Waals surface area contributed by atoms with E-state index in [2.05, 4.69) is 10.1 Å². The van der Waals surface area contributed by atoms with Crippen LogP contribution in [0.25, 0.3) is 11.8 Å². The van der Waals surface area contributed by atoms with Gasteiger partial charge in [-0.05, 0) is 12.1 Å². The molecule has 0 saturated heterocycles. The Balaban J connectivity index is 2.89. The van der Waals surface area contributed by atoms with Gasteiger partial charge in [-0.15, -0.1) is 0 Å². The van der Waals surface area contributed by atoms with Crippen molar-refractivity contribution >= 4 is 33.5 Å². The first-order valence-corrected chi connectivity index (χ1v) is 7.12. The van der Waals surface area contributed by atoms with Crippen LogP contribution in [0, 0.1) is 0 Å². The second-order valence-corrected chi connectivity index (χ2v) is 5.97. The number of nitrogens with zero attached hydrogens (tertiary/aromatic N) is 1. The molecule has 1 aliphatic heterocycles. The lowest BCUT2D eigenvalue weighted by Gasteiger charge is -2.08. The van der Waals surface area contributed by atoms with Crippen LogP contribution in [0.3, 0.4) is 0 Å². The SMILES string of the molecule is COC(=O)C1=c2cc(S(C)(=O)=O)ccc2=C[N]C1=O. The predicted molar refractivity (Wildman–Crippen MR) is 65.8 cm³/mol. The summed E-state index contributed by atoms with van der Waals surface area (Å²) < 4.78 is 27.5. The first kappa shape index (κ1) is 13.3. The highest BCUT2D eigenvalue weighted by Crippen LogP contribution is 2.06. The van der Waals surface area contributed by atoms with Gasteiger partial charge < -0.3 is 4.74 Å². The number of methoxy groups -OCH3 is 1. The Bertz CT molecular complexity index is 792. The highest BCUT2D eigenvalue weighted by atomic mass is 32.2. The molecule has 1 radical (unpaired) electrons. The molecule has 1 aromatic rings. The van der Waals surface area contributed by atoms with Crippen LogP contribution in [0.1, 0.15) is 0 Å². The van der Waals surface area contributed by atoms with Crippen molar-refractivity contribution in [2.75, 3.05) is 13.4 Å². The van der Waals surface area contributed by atoms with Gasteiger partial charge in [0.1, 0.15) is 5.57 Å². The molecular formula is C12H10NO5S. The minimum atomic E-state index is -3.43. The number of fused-ring (bicyclic) bond motifs is 1. The summed E-state index contributed by atoms with van der Waals surface area (Å²) in [4.78, 5) is 23.3. The molecule has 0 atom stereocenters. The molecule has 6 nitrogen and oxygen atoms in total. The van der Waals surface area contributed by atoms with Crippen molar-refractivity contribution < 1.29 is 22.7 Å². The van der Waals surface area contributed by atoms with E-state index in [1.54, 1.807) is 0 Å². The van der Waals surface area contributed by atoms with E-state index in [1.807, 2.05) is 0 Å². The molecule has 0 N–H and O–H groups in total. The maximum Gasteiger partial charge on any atom is 0.344 e. The number of hydrogen-bond acceptors (Lipinski definition) is 5. The smallest absolute Gasteiger partial charge is 0.344 e. The van der Waals surface area contributed by atoms with Crippen molar-refractivity contribution in [2.24, 2.45) is 0 Å². The molecule has 0 bridgehead atoms. The molecule has 19 heavy (non-hydrogen) atoms. The largest absolute Gasteiger partial charge is 0.465 e. The van der Waals surface area contributed by atoms with E-state index in [1.165, 1.54) is 24.4 Å². The van der Waals surface area contributed by atoms with Crippen molar-refractivity contribution in [2.45, 2.75) is 4.90 Å². The van der Waals surface area contributed by atoms with Crippen molar-refractivity contribution in [3.05, 3.63) is 28.6 Å². The summed E-state index contributed by atoms with van der Waals surface area (Å²) in [7, 11) is -2.29. The number of sulfone groups is 1. The van der Waals surface area contributed by atoms with Crippen molar-refractivity contribution in [3.63, 3.8) is 0 Å². The van der Waals surface area contributed by atoms with E-state index in [0.717, 1.165) is 13.4 Å². The van der Waals surface area contributed by atoms with Crippen LogP contribution in [-0.2, 0) is 24.2 Å². The molecule has 7 heteroatoms. The quantitative estimate of drug-likeness (QED) is 0.602. The van der Waals surface area contributed by atoms with Crippen LogP contribution in [-0.4, -0.2) is 33.7 Å². The molecule has 0 aliphatic carbocycles. The van der Waals surface area contributed by atoms with Crippen molar-refractivity contribution in [1.82, 2.24) is 5.32 Å². The topological polar surface area (TPSA) is 91.6 Å². The maximum absolute atomic E-state index is 11.6. The zero-order valence-corrected chi connectivity index (χ0v) is 11.0. The Morgan fingerprint density at radius 3 is 2.58 bits per heavy atom. The van der Waals surface area contributed by atoms with E-state index >= 15 is 0 Å². The molecular weight excluding hydrogens is 270 g/mol. The van der Waals surface area contributed by atoms with Crippen LogP contribution in [0.4, 0.5) is 0 Å². The van der Waals surface area contributed by atoms with Crippen molar-refractivity contribution in [1.29, 1.82) is 0 Å². The molecule has 0 saturated carbocycles. The summed E-state index contributed by atoms with van der Waals surface area (Å²) >= 11 is 0. The number of carbonyl (C=O) groups is 2. The number of amides is 1. The normalized spacial score (nSPS) is 14.2. The molecule has 1 aromatic carbocycles. The Morgan fingerprint density at radius 1 is 1.32 bits per heavy atom. The van der Waals surface area contributed by atoms with E-state index in [9.17, 15) is 18.0 Å². The fourth-order valence-corrected chi connectivity index (χ4v) is 2.35. The van der Waals surface area contributed by atoms with Gasteiger partial charge in [0.25, 0.3) is 5.91 Å². The fourth-order valence-electron chi connectivity index (χ4n) is 1.70. The maximum atomic E-state index is 11.6. The molecule has 0 spiro atoms. The standard InChI is InChI=1S/C12H10NO5S/c1-18-12(15)10-9-5-8(19(2,16)17)4-3-7(9)6-13-11(10)14/h3-6H,1-2H3. The first-order valence-electron chi connectivity index (χ1n) is 5.22. The summed E-state index contributed by atoms with van der Waals surface area (Å²) in [6.07, 6.45) is 2.33. The Labute approximate surface area is 109 Å². The summed E-state index contributed by atoms with van der Waals surface area (Å²) in [6, 6.07) is 4.16. The number of benzene rings is 1. The van der Waals surface area contributed by atoms with E-state index in [4.69, 9.17) is 0 Å². The number of rotatable bonds is 2. The van der Waals surface area contributed by atoms with Crippen molar-refractivity contribution in [3.8, 4) is 0 Å². The number of ether oxygens (including phenoxy) is 1.